The van der Waals surface area contributed by atoms with Gasteiger partial charge in [0, 0.05) is 0 Å². The maximum absolute atomic E-state index is 0. The second-order valence-electron chi connectivity index (χ2n) is 0. The van der Waals surface area contributed by atoms with Crippen molar-refractivity contribution >= 4 is 17.0 Å². The van der Waals surface area contributed by atoms with E-state index in [1.807, 2.05) is 0 Å². The third kappa shape index (κ3) is 4190. The average molecular weight is 207 g/mol. The molecule has 8 heteroatoms. The summed E-state index contributed by atoms with van der Waals surface area (Å²) in [6.07, 6.45) is 0. The molecule has 0 radical (unpaired) electrons. The van der Waals surface area contributed by atoms with Crippen molar-refractivity contribution in [1.82, 2.24) is 0 Å². The van der Waals surface area contributed by atoms with Gasteiger partial charge in [-0.05, 0) is 0 Å². The van der Waals surface area contributed by atoms with Crippen LogP contribution in [0.1, 0.15) is 0 Å². The van der Waals surface area contributed by atoms with Crippen LogP contribution in [0.15, 0.2) is 0 Å². The van der Waals surface area contributed by atoms with Gasteiger partial charge in [0.15, 0.2) is 0 Å². The molecular formula is H15BrO7. The van der Waals surface area contributed by atoms with Gasteiger partial charge in [-0.2, -0.15) is 0 Å². The Morgan fingerprint density at radius 2 is 0.250 bits per heavy atom. The molecule has 0 amide bonds. The van der Waals surface area contributed by atoms with Crippen molar-refractivity contribution in [1.29, 1.82) is 0 Å². The molecule has 0 aliphatic carbocycles. The summed E-state index contributed by atoms with van der Waals surface area (Å²) >= 11 is 0. The second kappa shape index (κ2) is 6920. The molecular weight excluding hydrogens is 192 g/mol. The van der Waals surface area contributed by atoms with Crippen LogP contribution in [0.5, 0.6) is 0 Å². The molecule has 0 unspecified atom stereocenters. The van der Waals surface area contributed by atoms with Crippen molar-refractivity contribution in [3.05, 3.63) is 0 Å². The summed E-state index contributed by atoms with van der Waals surface area (Å²) in [4.78, 5) is 0. The molecule has 0 rings (SSSR count). The summed E-state index contributed by atoms with van der Waals surface area (Å²) in [5, 5.41) is 0. The van der Waals surface area contributed by atoms with Crippen LogP contribution >= 0.6 is 17.0 Å². The standard InChI is InChI=1S/BrH.7H2O/h1H;7*1H2. The minimum absolute atomic E-state index is 0. The topological polar surface area (TPSA) is 220 Å². The average Bonchev–Trinajstić information content (AvgIpc) is 0. The van der Waals surface area contributed by atoms with Gasteiger partial charge in [0.2, 0.25) is 0 Å². The maximum Gasteiger partial charge on any atom is -0.114 e. The fourth-order valence-electron chi connectivity index (χ4n) is 0. The van der Waals surface area contributed by atoms with Crippen molar-refractivity contribution in [3.8, 4) is 0 Å². The molecule has 14 N–H and O–H groups in total. The summed E-state index contributed by atoms with van der Waals surface area (Å²) in [6.45, 7) is 0. The van der Waals surface area contributed by atoms with E-state index in [-0.39, 0.29) is 55.3 Å². The first-order valence-corrected chi connectivity index (χ1v) is 0. The van der Waals surface area contributed by atoms with Crippen LogP contribution in [0, 0.1) is 0 Å². The lowest BCUT2D eigenvalue weighted by Crippen LogP contribution is -0.290. The summed E-state index contributed by atoms with van der Waals surface area (Å²) in [5.74, 6) is 0. The molecule has 0 spiro atoms. The molecule has 0 fully saturated rings. The first kappa shape index (κ1) is 10600. The smallest absolute Gasteiger partial charge is 0.114 e. The minimum Gasteiger partial charge on any atom is -0.412 e. The summed E-state index contributed by atoms with van der Waals surface area (Å²) in [5.41, 5.74) is 0. The van der Waals surface area contributed by atoms with Crippen molar-refractivity contribution in [2.45, 2.75) is 0 Å². The Hall–Kier alpha value is 0.200. The molecule has 0 aliphatic heterocycles. The molecule has 0 aliphatic rings. The Morgan fingerprint density at radius 1 is 0.250 bits per heavy atom. The molecule has 0 aromatic rings. The van der Waals surface area contributed by atoms with Gasteiger partial charge in [-0.1, -0.05) is 0 Å². The minimum atomic E-state index is 0. The van der Waals surface area contributed by atoms with Crippen LogP contribution in [0.3, 0.4) is 0 Å². The van der Waals surface area contributed by atoms with Crippen LogP contribution in [-0.4, -0.2) is 38.3 Å². The van der Waals surface area contributed by atoms with Gasteiger partial charge in [-0.25, -0.2) is 0 Å². The number of halogens is 1. The van der Waals surface area contributed by atoms with Gasteiger partial charge in [-0.3, -0.25) is 0 Å². The zero-order valence-corrected chi connectivity index (χ0v) is 5.62. The molecule has 0 saturated carbocycles. The Bertz CT molecular complexity index is 4.35. The van der Waals surface area contributed by atoms with E-state index < -0.39 is 0 Å². The lowest BCUT2D eigenvalue weighted by atomic mass is 16.0. The van der Waals surface area contributed by atoms with E-state index in [1.165, 1.54) is 0 Å². The van der Waals surface area contributed by atoms with Crippen molar-refractivity contribution < 1.29 is 38.3 Å². The maximum atomic E-state index is 0. The zero-order valence-electron chi connectivity index (χ0n) is 3.91. The SMILES string of the molecule is Br.O.O.O.O.O.O.O. The predicted molar refractivity (Wildman–Crippen MR) is 35.6 cm³/mol. The first-order valence-electron chi connectivity index (χ1n) is 0. The normalized spacial score (nSPS) is 0. The first-order chi connectivity index (χ1) is 0. The van der Waals surface area contributed by atoms with E-state index in [0.717, 1.165) is 0 Å². The summed E-state index contributed by atoms with van der Waals surface area (Å²) < 4.78 is 0. The second-order valence-corrected chi connectivity index (χ2v) is 0. The molecule has 8 heavy (non-hydrogen) atoms. The molecule has 0 aromatic heterocycles. The highest BCUT2D eigenvalue weighted by molar-refractivity contribution is 8.93. The fourth-order valence-corrected chi connectivity index (χ4v) is 0. The van der Waals surface area contributed by atoms with Gasteiger partial charge < -0.3 is 38.3 Å². The highest BCUT2D eigenvalue weighted by Crippen LogP contribution is 0.846. The van der Waals surface area contributed by atoms with E-state index in [9.17, 15) is 0 Å². The van der Waals surface area contributed by atoms with Crippen LogP contribution in [0.25, 0.3) is 0 Å². The van der Waals surface area contributed by atoms with Crippen LogP contribution in [0.4, 0.5) is 0 Å². The Balaban J connectivity index is 0. The van der Waals surface area contributed by atoms with Gasteiger partial charge in [0.25, 0.3) is 0 Å². The molecule has 64 valence electrons. The van der Waals surface area contributed by atoms with Crippen molar-refractivity contribution in [2.24, 2.45) is 0 Å². The monoisotopic (exact) mass is 206 g/mol. The molecule has 0 heterocycles. The third-order valence-electron chi connectivity index (χ3n) is 0. The van der Waals surface area contributed by atoms with Crippen molar-refractivity contribution in [3.63, 3.8) is 0 Å². The third-order valence-corrected chi connectivity index (χ3v) is 0. The van der Waals surface area contributed by atoms with Crippen LogP contribution < -0.4 is 0 Å². The quantitative estimate of drug-likeness (QED) is 0.363. The van der Waals surface area contributed by atoms with Crippen molar-refractivity contribution in [2.75, 3.05) is 0 Å². The highest BCUT2D eigenvalue weighted by Gasteiger charge is -0.114. The largest absolute Gasteiger partial charge is 0.412 e. The Kier molecular flexibility index (Phi) is 9190000. The van der Waals surface area contributed by atoms with E-state index in [0.29, 0.717) is 0 Å². The molecule has 7 nitrogen and oxygen atoms in total. The van der Waals surface area contributed by atoms with Gasteiger partial charge >= 0.3 is 0 Å². The Morgan fingerprint density at radius 3 is 0.250 bits per heavy atom. The summed E-state index contributed by atoms with van der Waals surface area (Å²) in [7, 11) is 0. The fraction of sp³-hybridized carbons (Fsp3) is 0. The van der Waals surface area contributed by atoms with Gasteiger partial charge in [-0.15, -0.1) is 17.0 Å². The summed E-state index contributed by atoms with van der Waals surface area (Å²) in [6, 6.07) is 0. The van der Waals surface area contributed by atoms with Gasteiger partial charge in [0.05, 0.1) is 0 Å². The number of rotatable bonds is 0. The molecule has 0 saturated heterocycles. The van der Waals surface area contributed by atoms with E-state index in [1.54, 1.807) is 0 Å². The van der Waals surface area contributed by atoms with E-state index in [4.69, 9.17) is 0 Å². The zero-order chi connectivity index (χ0) is 0. The van der Waals surface area contributed by atoms with Crippen LogP contribution in [-0.2, 0) is 0 Å². The molecule has 0 atom stereocenters. The molecule has 0 bridgehead atoms. The lowest BCUT2D eigenvalue weighted by molar-refractivity contribution is 0.823. The highest BCUT2D eigenvalue weighted by atomic mass is 79.9. The van der Waals surface area contributed by atoms with E-state index in [2.05, 4.69) is 0 Å². The van der Waals surface area contributed by atoms with E-state index >= 15 is 0 Å². The van der Waals surface area contributed by atoms with Gasteiger partial charge in [0.1, 0.15) is 0 Å². The Labute approximate surface area is 56.2 Å². The van der Waals surface area contributed by atoms with Crippen LogP contribution in [0.2, 0.25) is 0 Å². The lowest BCUT2D eigenvalue weighted by Gasteiger charge is -0.413. The number of hydrogen-bond acceptors (Lipinski definition) is 0. The number of hydrogen-bond donors (Lipinski definition) is 0. The predicted octanol–water partition coefficient (Wildman–Crippen LogP) is -5.19. The molecule has 0 aromatic carbocycles.